The van der Waals surface area contributed by atoms with E-state index < -0.39 is 5.97 Å². The van der Waals surface area contributed by atoms with Crippen molar-refractivity contribution in [1.29, 1.82) is 0 Å². The van der Waals surface area contributed by atoms with Crippen LogP contribution in [0.1, 0.15) is 16.8 Å². The van der Waals surface area contributed by atoms with Crippen LogP contribution >= 0.6 is 0 Å². The maximum Gasteiger partial charge on any atom is 0.339 e. The van der Waals surface area contributed by atoms with E-state index in [4.69, 9.17) is 14.2 Å². The number of hydrogen-bond acceptors (Lipinski definition) is 6. The van der Waals surface area contributed by atoms with Crippen LogP contribution < -0.4 is 14.8 Å². The van der Waals surface area contributed by atoms with Gasteiger partial charge in [0.05, 0.1) is 26.0 Å². The third-order valence-electron chi connectivity index (χ3n) is 4.75. The van der Waals surface area contributed by atoms with Crippen LogP contribution in [0.15, 0.2) is 54.7 Å². The Labute approximate surface area is 173 Å². The van der Waals surface area contributed by atoms with Crippen molar-refractivity contribution in [3.05, 3.63) is 60.3 Å². The first-order valence-electron chi connectivity index (χ1n) is 9.56. The Morgan fingerprint density at radius 3 is 2.90 bits per heavy atom. The molecule has 1 atom stereocenters. The molecule has 3 aromatic rings. The van der Waals surface area contributed by atoms with Gasteiger partial charge in [0, 0.05) is 24.2 Å². The average molecular weight is 408 g/mol. The molecule has 0 unspecified atom stereocenters. The summed E-state index contributed by atoms with van der Waals surface area (Å²) in [4.78, 5) is 20.6. The number of quaternary nitrogens is 1. The number of nitrogens with zero attached hydrogens (tertiary/aromatic N) is 2. The molecule has 0 radical (unpaired) electrons. The summed E-state index contributed by atoms with van der Waals surface area (Å²) in [5.74, 6) is 0.539. The Balaban J connectivity index is 1.59. The number of aromatic nitrogens is 2. The molecule has 0 amide bonds. The topological polar surface area (TPSA) is 107 Å². The summed E-state index contributed by atoms with van der Waals surface area (Å²) in [7, 11) is 1.61. The fourth-order valence-electron chi connectivity index (χ4n) is 3.23. The summed E-state index contributed by atoms with van der Waals surface area (Å²) in [5.41, 5.74) is 2.29. The number of carboxylic acids is 1. The molecule has 1 aromatic heterocycles. The number of hydrogen-bond donors (Lipinski definition) is 2. The minimum Gasteiger partial charge on any atom is -0.497 e. The lowest BCUT2D eigenvalue weighted by Gasteiger charge is -2.14. The summed E-state index contributed by atoms with van der Waals surface area (Å²) >= 11 is 0. The van der Waals surface area contributed by atoms with Gasteiger partial charge in [-0.25, -0.2) is 10.1 Å². The molecule has 2 aromatic carbocycles. The molecule has 154 valence electrons. The molecule has 4 rings (SSSR count). The number of ether oxygens (including phenoxy) is 3. The van der Waals surface area contributed by atoms with Crippen molar-refractivity contribution in [3.8, 4) is 22.8 Å². The van der Waals surface area contributed by atoms with Gasteiger partial charge < -0.3 is 19.3 Å². The summed E-state index contributed by atoms with van der Waals surface area (Å²) < 4.78 is 16.4. The van der Waals surface area contributed by atoms with Gasteiger partial charge in [0.15, 0.2) is 0 Å². The van der Waals surface area contributed by atoms with Gasteiger partial charge >= 0.3 is 11.9 Å². The zero-order valence-corrected chi connectivity index (χ0v) is 16.4. The molecule has 0 aliphatic carbocycles. The molecule has 1 saturated heterocycles. The molecule has 1 aliphatic rings. The van der Waals surface area contributed by atoms with Crippen LogP contribution in [0.2, 0.25) is 0 Å². The van der Waals surface area contributed by atoms with Gasteiger partial charge in [0.1, 0.15) is 28.9 Å². The molecule has 0 saturated carbocycles. The second kappa shape index (κ2) is 8.89. The predicted octanol–water partition coefficient (Wildman–Crippen LogP) is 2.54. The van der Waals surface area contributed by atoms with Crippen LogP contribution in [0, 0.1) is 0 Å². The number of methoxy groups -OCH3 is 1. The van der Waals surface area contributed by atoms with Crippen molar-refractivity contribution in [3.63, 3.8) is 0 Å². The second-order valence-corrected chi connectivity index (χ2v) is 6.84. The average Bonchev–Trinajstić information content (AvgIpc) is 3.27. The third-order valence-corrected chi connectivity index (χ3v) is 4.75. The van der Waals surface area contributed by atoms with E-state index in [1.165, 1.54) is 0 Å². The molecular weight excluding hydrogens is 386 g/mol. The van der Waals surface area contributed by atoms with Crippen molar-refractivity contribution in [2.75, 3.05) is 20.3 Å². The van der Waals surface area contributed by atoms with Gasteiger partial charge in [-0.05, 0) is 36.4 Å². The maximum atomic E-state index is 11.8. The van der Waals surface area contributed by atoms with Gasteiger partial charge in [-0.1, -0.05) is 6.07 Å². The molecule has 8 nitrogen and oxygen atoms in total. The van der Waals surface area contributed by atoms with Gasteiger partial charge in [0.2, 0.25) is 0 Å². The van der Waals surface area contributed by atoms with Crippen molar-refractivity contribution in [2.45, 2.75) is 12.5 Å². The normalized spacial score (nSPS) is 15.7. The first-order valence-corrected chi connectivity index (χ1v) is 9.56. The lowest BCUT2D eigenvalue weighted by molar-refractivity contribution is -0.487. The van der Waals surface area contributed by atoms with E-state index in [0.29, 0.717) is 36.2 Å². The zero-order chi connectivity index (χ0) is 20.9. The van der Waals surface area contributed by atoms with E-state index in [-0.39, 0.29) is 11.7 Å². The van der Waals surface area contributed by atoms with Crippen LogP contribution in [0.4, 0.5) is 11.6 Å². The molecule has 1 aliphatic heterocycles. The summed E-state index contributed by atoms with van der Waals surface area (Å²) in [6.45, 7) is 1.09. The van der Waals surface area contributed by atoms with Crippen LogP contribution in [0.3, 0.4) is 0 Å². The molecule has 2 heterocycles. The monoisotopic (exact) mass is 408 g/mol. The molecule has 1 fully saturated rings. The van der Waals surface area contributed by atoms with Crippen LogP contribution in [-0.4, -0.2) is 47.5 Å². The van der Waals surface area contributed by atoms with Crippen molar-refractivity contribution < 1.29 is 29.4 Å². The van der Waals surface area contributed by atoms with E-state index in [1.807, 2.05) is 29.6 Å². The first-order chi connectivity index (χ1) is 14.6. The zero-order valence-electron chi connectivity index (χ0n) is 16.4. The minimum absolute atomic E-state index is 0.0938. The van der Waals surface area contributed by atoms with E-state index in [9.17, 15) is 9.90 Å². The second-order valence-electron chi connectivity index (χ2n) is 6.84. The Morgan fingerprint density at radius 2 is 2.13 bits per heavy atom. The number of carboxylic acid groups (broad SMARTS) is 1. The predicted molar refractivity (Wildman–Crippen MR) is 109 cm³/mol. The molecule has 8 heteroatoms. The Kier molecular flexibility index (Phi) is 5.87. The van der Waals surface area contributed by atoms with Crippen LogP contribution in [0.5, 0.6) is 11.5 Å². The SMILES string of the molecule is COc1cccc([NH2+]c2nccc(-c3ccc(O[C@H]4CCOC4)c(C(=O)O)c3)n2)c1. The Bertz CT molecular complexity index is 1050. The number of benzene rings is 2. The van der Waals surface area contributed by atoms with Gasteiger partial charge in [-0.2, -0.15) is 9.97 Å². The number of aromatic carboxylic acids is 1. The third kappa shape index (κ3) is 4.56. The molecule has 0 spiro atoms. The summed E-state index contributed by atoms with van der Waals surface area (Å²) in [5, 5.41) is 11.5. The smallest absolute Gasteiger partial charge is 0.339 e. The van der Waals surface area contributed by atoms with Crippen molar-refractivity contribution in [2.24, 2.45) is 0 Å². The standard InChI is InChI=1S/C22H21N3O5/c1-28-16-4-2-3-15(12-16)24-22-23-9-7-19(25-22)14-5-6-20(18(11-14)21(26)27)30-17-8-10-29-13-17/h2-7,9,11-12,17H,8,10,13H2,1H3,(H,26,27)(H,23,24,25)/p+1/t17-/m0/s1. The van der Waals surface area contributed by atoms with E-state index in [0.717, 1.165) is 17.9 Å². The largest absolute Gasteiger partial charge is 0.497 e. The highest BCUT2D eigenvalue weighted by molar-refractivity contribution is 5.92. The van der Waals surface area contributed by atoms with E-state index in [1.54, 1.807) is 37.6 Å². The number of rotatable bonds is 7. The number of nitrogens with two attached hydrogens (primary N) is 1. The minimum atomic E-state index is -1.05. The summed E-state index contributed by atoms with van der Waals surface area (Å²) in [6, 6.07) is 14.4. The Hall–Kier alpha value is -3.49. The van der Waals surface area contributed by atoms with E-state index >= 15 is 0 Å². The van der Waals surface area contributed by atoms with Crippen LogP contribution in [-0.2, 0) is 4.74 Å². The molecule has 30 heavy (non-hydrogen) atoms. The lowest BCUT2D eigenvalue weighted by atomic mass is 10.1. The van der Waals surface area contributed by atoms with Gasteiger partial charge in [0.25, 0.3) is 0 Å². The first kappa shape index (κ1) is 19.8. The molecular formula is C22H22N3O5+. The Morgan fingerprint density at radius 1 is 1.23 bits per heavy atom. The van der Waals surface area contributed by atoms with Crippen LogP contribution in [0.25, 0.3) is 11.3 Å². The molecule has 0 bridgehead atoms. The highest BCUT2D eigenvalue weighted by Crippen LogP contribution is 2.28. The van der Waals surface area contributed by atoms with Crippen molar-refractivity contribution in [1.82, 2.24) is 9.97 Å². The van der Waals surface area contributed by atoms with Gasteiger partial charge in [-0.15, -0.1) is 0 Å². The number of carbonyl (C=O) groups is 1. The van der Waals surface area contributed by atoms with Gasteiger partial charge in [-0.3, -0.25) is 0 Å². The van der Waals surface area contributed by atoms with Crippen molar-refractivity contribution >= 4 is 17.6 Å². The fraction of sp³-hybridized carbons (Fsp3) is 0.227. The highest BCUT2D eigenvalue weighted by atomic mass is 16.5. The summed E-state index contributed by atoms with van der Waals surface area (Å²) in [6.07, 6.45) is 2.27. The van der Waals surface area contributed by atoms with E-state index in [2.05, 4.69) is 9.97 Å². The maximum absolute atomic E-state index is 11.8. The quantitative estimate of drug-likeness (QED) is 0.579. The molecule has 3 N–H and O–H groups in total. The fourth-order valence-corrected chi connectivity index (χ4v) is 3.23. The highest BCUT2D eigenvalue weighted by Gasteiger charge is 2.21. The lowest BCUT2D eigenvalue weighted by Crippen LogP contribution is -2.72.